The van der Waals surface area contributed by atoms with Gasteiger partial charge in [0.2, 0.25) is 0 Å². The van der Waals surface area contributed by atoms with E-state index in [1.54, 1.807) is 6.07 Å². The largest absolute Gasteiger partial charge is 0.296 e. The van der Waals surface area contributed by atoms with E-state index in [-0.39, 0.29) is 5.82 Å². The predicted octanol–water partition coefficient (Wildman–Crippen LogP) is 5.10. The molecule has 0 amide bonds. The highest BCUT2D eigenvalue weighted by atomic mass is 35.5. The van der Waals surface area contributed by atoms with Gasteiger partial charge in [0.05, 0.1) is 0 Å². The van der Waals surface area contributed by atoms with Gasteiger partial charge in [-0.05, 0) is 29.8 Å². The zero-order valence-electron chi connectivity index (χ0n) is 13.1. The van der Waals surface area contributed by atoms with Crippen LogP contribution in [-0.4, -0.2) is 36.0 Å². The topological polar surface area (TPSA) is 6.48 Å². The fourth-order valence-electron chi connectivity index (χ4n) is 2.90. The average molecular weight is 388 g/mol. The maximum absolute atomic E-state index is 13.1. The van der Waals surface area contributed by atoms with Crippen molar-refractivity contribution in [1.82, 2.24) is 9.80 Å². The molecule has 0 spiro atoms. The first kappa shape index (κ1) is 18.0. The molecule has 0 radical (unpaired) electrons. The maximum atomic E-state index is 13.1. The number of benzene rings is 2. The van der Waals surface area contributed by atoms with Crippen molar-refractivity contribution in [1.29, 1.82) is 0 Å². The fraction of sp³-hybridized carbons (Fsp3) is 0.333. The van der Waals surface area contributed by atoms with Crippen LogP contribution in [0.15, 0.2) is 36.4 Å². The van der Waals surface area contributed by atoms with E-state index < -0.39 is 0 Å². The molecule has 1 heterocycles. The lowest BCUT2D eigenvalue weighted by atomic mass is 10.1. The third-order valence-electron chi connectivity index (χ3n) is 4.32. The normalized spacial score (nSPS) is 16.5. The first-order valence-electron chi connectivity index (χ1n) is 7.84. The number of piperazine rings is 1. The van der Waals surface area contributed by atoms with Gasteiger partial charge in [0.25, 0.3) is 0 Å². The number of halogens is 4. The quantitative estimate of drug-likeness (QED) is 0.720. The van der Waals surface area contributed by atoms with Gasteiger partial charge in [0.15, 0.2) is 0 Å². The second-order valence-corrected chi connectivity index (χ2v) is 7.21. The summed E-state index contributed by atoms with van der Waals surface area (Å²) in [5, 5.41) is 1.91. The van der Waals surface area contributed by atoms with E-state index in [0.29, 0.717) is 15.1 Å². The highest BCUT2D eigenvalue weighted by Gasteiger charge is 2.19. The highest BCUT2D eigenvalue weighted by Crippen LogP contribution is 2.26. The van der Waals surface area contributed by atoms with E-state index in [1.165, 1.54) is 12.1 Å². The van der Waals surface area contributed by atoms with E-state index in [9.17, 15) is 4.39 Å². The summed E-state index contributed by atoms with van der Waals surface area (Å²) < 4.78 is 13.1. The lowest BCUT2D eigenvalue weighted by molar-refractivity contribution is 0.122. The van der Waals surface area contributed by atoms with E-state index in [2.05, 4.69) is 9.80 Å². The highest BCUT2D eigenvalue weighted by molar-refractivity contribution is 6.36. The molecule has 0 aliphatic carbocycles. The Kier molecular flexibility index (Phi) is 6.01. The molecule has 2 nitrogen and oxygen atoms in total. The Balaban J connectivity index is 1.56. The summed E-state index contributed by atoms with van der Waals surface area (Å²) in [6.45, 7) is 5.20. The van der Waals surface area contributed by atoms with Gasteiger partial charge in [-0.1, -0.05) is 46.9 Å². The predicted molar refractivity (Wildman–Crippen MR) is 98.4 cm³/mol. The Morgan fingerprint density at radius 3 is 1.96 bits per heavy atom. The summed E-state index contributed by atoms with van der Waals surface area (Å²) in [5.41, 5.74) is 1.94. The molecule has 2 aromatic rings. The van der Waals surface area contributed by atoms with Crippen LogP contribution < -0.4 is 0 Å². The van der Waals surface area contributed by atoms with E-state index in [0.717, 1.165) is 50.4 Å². The Labute approximate surface area is 156 Å². The maximum Gasteiger partial charge on any atom is 0.124 e. The first-order chi connectivity index (χ1) is 11.5. The lowest BCUT2D eigenvalue weighted by Crippen LogP contribution is -2.45. The summed E-state index contributed by atoms with van der Waals surface area (Å²) in [7, 11) is 0. The third kappa shape index (κ3) is 4.41. The number of nitrogens with zero attached hydrogens (tertiary/aromatic N) is 2. The molecule has 0 atom stereocenters. The summed E-state index contributed by atoms with van der Waals surface area (Å²) in [5.74, 6) is -0.301. The summed E-state index contributed by atoms with van der Waals surface area (Å²) in [6.07, 6.45) is 0. The Bertz CT molecular complexity index is 695. The monoisotopic (exact) mass is 386 g/mol. The van der Waals surface area contributed by atoms with Crippen LogP contribution in [0.1, 0.15) is 11.1 Å². The second-order valence-electron chi connectivity index (χ2n) is 5.99. The van der Waals surface area contributed by atoms with Crippen LogP contribution in [0.3, 0.4) is 0 Å². The Hall–Kier alpha value is -0.840. The summed E-state index contributed by atoms with van der Waals surface area (Å²) in [4.78, 5) is 4.67. The molecule has 1 aliphatic heterocycles. The van der Waals surface area contributed by atoms with Crippen molar-refractivity contribution < 1.29 is 4.39 Å². The summed E-state index contributed by atoms with van der Waals surface area (Å²) in [6, 6.07) is 10.2. The molecule has 3 rings (SSSR count). The molecule has 128 valence electrons. The van der Waals surface area contributed by atoms with Gasteiger partial charge in [0.1, 0.15) is 5.82 Å². The molecule has 0 unspecified atom stereocenters. The molecule has 1 saturated heterocycles. The van der Waals surface area contributed by atoms with Crippen LogP contribution in [0.25, 0.3) is 0 Å². The van der Waals surface area contributed by atoms with Gasteiger partial charge in [-0.25, -0.2) is 4.39 Å². The molecule has 1 fully saturated rings. The minimum Gasteiger partial charge on any atom is -0.296 e. The van der Waals surface area contributed by atoms with Gasteiger partial charge >= 0.3 is 0 Å². The Morgan fingerprint density at radius 1 is 0.792 bits per heavy atom. The standard InChI is InChI=1S/C18H18Cl3FN2/c19-16-2-1-3-17(20)15(16)12-24-8-6-23(7-9-24)11-13-4-5-14(22)10-18(13)21/h1-5,10H,6-9,11-12H2. The average Bonchev–Trinajstić information content (AvgIpc) is 2.55. The molecule has 0 saturated carbocycles. The van der Waals surface area contributed by atoms with Crippen LogP contribution >= 0.6 is 34.8 Å². The second kappa shape index (κ2) is 8.03. The zero-order chi connectivity index (χ0) is 17.1. The molecule has 0 aromatic heterocycles. The fourth-order valence-corrected chi connectivity index (χ4v) is 3.65. The van der Waals surface area contributed by atoms with Crippen molar-refractivity contribution in [2.45, 2.75) is 13.1 Å². The molecule has 1 aliphatic rings. The van der Waals surface area contributed by atoms with E-state index >= 15 is 0 Å². The first-order valence-corrected chi connectivity index (χ1v) is 8.98. The summed E-state index contributed by atoms with van der Waals surface area (Å²) >= 11 is 18.6. The van der Waals surface area contributed by atoms with E-state index in [1.807, 2.05) is 18.2 Å². The van der Waals surface area contributed by atoms with Crippen molar-refractivity contribution >= 4 is 34.8 Å². The smallest absolute Gasteiger partial charge is 0.124 e. The van der Waals surface area contributed by atoms with Gasteiger partial charge in [-0.3, -0.25) is 9.80 Å². The minimum absolute atomic E-state index is 0.301. The van der Waals surface area contributed by atoms with Crippen LogP contribution in [0.2, 0.25) is 15.1 Å². The van der Waals surface area contributed by atoms with Crippen LogP contribution in [0, 0.1) is 5.82 Å². The molecule has 24 heavy (non-hydrogen) atoms. The third-order valence-corrected chi connectivity index (χ3v) is 5.38. The van der Waals surface area contributed by atoms with Crippen LogP contribution in [-0.2, 0) is 13.1 Å². The molecule has 6 heteroatoms. The van der Waals surface area contributed by atoms with Gasteiger partial charge in [-0.2, -0.15) is 0 Å². The minimum atomic E-state index is -0.301. The van der Waals surface area contributed by atoms with Crippen LogP contribution in [0.4, 0.5) is 4.39 Å². The number of rotatable bonds is 4. The molecule has 0 bridgehead atoms. The van der Waals surface area contributed by atoms with Gasteiger partial charge < -0.3 is 0 Å². The number of hydrogen-bond acceptors (Lipinski definition) is 2. The Morgan fingerprint density at radius 2 is 1.38 bits per heavy atom. The van der Waals surface area contributed by atoms with Crippen molar-refractivity contribution in [2.24, 2.45) is 0 Å². The zero-order valence-corrected chi connectivity index (χ0v) is 15.4. The van der Waals surface area contributed by atoms with Crippen molar-refractivity contribution in [2.75, 3.05) is 26.2 Å². The van der Waals surface area contributed by atoms with Crippen molar-refractivity contribution in [3.63, 3.8) is 0 Å². The molecule has 0 N–H and O–H groups in total. The van der Waals surface area contributed by atoms with Gasteiger partial charge in [0, 0.05) is 59.9 Å². The van der Waals surface area contributed by atoms with Crippen LogP contribution in [0.5, 0.6) is 0 Å². The van der Waals surface area contributed by atoms with Crippen molar-refractivity contribution in [3.05, 3.63) is 68.4 Å². The molecular weight excluding hydrogens is 370 g/mol. The SMILES string of the molecule is Fc1ccc(CN2CCN(Cc3c(Cl)cccc3Cl)CC2)c(Cl)c1. The van der Waals surface area contributed by atoms with Gasteiger partial charge in [-0.15, -0.1) is 0 Å². The molecular formula is C18H18Cl3FN2. The lowest BCUT2D eigenvalue weighted by Gasteiger charge is -2.35. The van der Waals surface area contributed by atoms with Crippen molar-refractivity contribution in [3.8, 4) is 0 Å². The number of hydrogen-bond donors (Lipinski definition) is 0. The van der Waals surface area contributed by atoms with E-state index in [4.69, 9.17) is 34.8 Å². The molecule has 2 aromatic carbocycles.